The van der Waals surface area contributed by atoms with Gasteiger partial charge in [-0.25, -0.2) is 0 Å². The maximum atomic E-state index is 5.54. The van der Waals surface area contributed by atoms with Gasteiger partial charge in [-0.05, 0) is 58.5 Å². The van der Waals surface area contributed by atoms with Crippen LogP contribution in [0.15, 0.2) is 15.9 Å². The highest BCUT2D eigenvalue weighted by atomic mass is 79.9. The van der Waals surface area contributed by atoms with Crippen molar-refractivity contribution in [1.29, 1.82) is 0 Å². The summed E-state index contributed by atoms with van der Waals surface area (Å²) in [5.74, 6) is 0. The van der Waals surface area contributed by atoms with E-state index in [1.807, 2.05) is 11.3 Å². The zero-order chi connectivity index (χ0) is 12.4. The Morgan fingerprint density at radius 1 is 1.39 bits per heavy atom. The molecule has 1 atom stereocenters. The van der Waals surface area contributed by atoms with Crippen molar-refractivity contribution in [3.63, 3.8) is 0 Å². The molecule has 2 fully saturated rings. The number of thiophene rings is 1. The SMILES string of the molecule is Brc1ccsc1CNC1CCCC12CCOCC2. The molecule has 0 amide bonds. The van der Waals surface area contributed by atoms with E-state index in [0.29, 0.717) is 11.5 Å². The molecule has 100 valence electrons. The van der Waals surface area contributed by atoms with Crippen LogP contribution in [0.5, 0.6) is 0 Å². The van der Waals surface area contributed by atoms with Gasteiger partial charge in [-0.2, -0.15) is 0 Å². The van der Waals surface area contributed by atoms with E-state index in [1.165, 1.54) is 41.5 Å². The van der Waals surface area contributed by atoms with Gasteiger partial charge in [0.05, 0.1) is 0 Å². The van der Waals surface area contributed by atoms with E-state index in [4.69, 9.17) is 4.74 Å². The summed E-state index contributed by atoms with van der Waals surface area (Å²) in [5, 5.41) is 5.96. The molecule has 1 spiro atoms. The maximum absolute atomic E-state index is 5.54. The first-order valence-corrected chi connectivity index (χ1v) is 8.50. The van der Waals surface area contributed by atoms with Crippen molar-refractivity contribution in [2.45, 2.75) is 44.7 Å². The van der Waals surface area contributed by atoms with Crippen LogP contribution in [-0.4, -0.2) is 19.3 Å². The Labute approximate surface area is 121 Å². The molecule has 0 aromatic carbocycles. The third-order valence-corrected chi connectivity index (χ3v) is 6.52. The topological polar surface area (TPSA) is 21.3 Å². The summed E-state index contributed by atoms with van der Waals surface area (Å²) in [7, 11) is 0. The Kier molecular flexibility index (Phi) is 4.09. The molecule has 1 aliphatic heterocycles. The van der Waals surface area contributed by atoms with E-state index in [9.17, 15) is 0 Å². The summed E-state index contributed by atoms with van der Waals surface area (Å²) in [4.78, 5) is 1.42. The van der Waals surface area contributed by atoms with Crippen molar-refractivity contribution in [2.75, 3.05) is 13.2 Å². The second kappa shape index (κ2) is 5.61. The molecule has 1 aromatic heterocycles. The normalized spacial score (nSPS) is 26.8. The molecule has 1 saturated heterocycles. The molecule has 1 N–H and O–H groups in total. The van der Waals surface area contributed by atoms with Crippen molar-refractivity contribution in [1.82, 2.24) is 5.32 Å². The Bertz CT molecular complexity index is 400. The van der Waals surface area contributed by atoms with Crippen LogP contribution in [0.3, 0.4) is 0 Å². The number of nitrogens with one attached hydrogen (secondary N) is 1. The van der Waals surface area contributed by atoms with Gasteiger partial charge in [0.2, 0.25) is 0 Å². The molecule has 1 aliphatic carbocycles. The highest BCUT2D eigenvalue weighted by Crippen LogP contribution is 2.46. The van der Waals surface area contributed by atoms with Crippen molar-refractivity contribution < 1.29 is 4.74 Å². The van der Waals surface area contributed by atoms with Gasteiger partial charge < -0.3 is 10.1 Å². The van der Waals surface area contributed by atoms with Gasteiger partial charge in [0.25, 0.3) is 0 Å². The molecular formula is C14H20BrNOS. The molecule has 18 heavy (non-hydrogen) atoms. The third kappa shape index (κ3) is 2.53. The summed E-state index contributed by atoms with van der Waals surface area (Å²) in [6, 6.07) is 2.83. The molecule has 0 bridgehead atoms. The smallest absolute Gasteiger partial charge is 0.0471 e. The first-order valence-electron chi connectivity index (χ1n) is 6.83. The van der Waals surface area contributed by atoms with Gasteiger partial charge in [-0.3, -0.25) is 0 Å². The van der Waals surface area contributed by atoms with Crippen LogP contribution < -0.4 is 5.32 Å². The highest BCUT2D eigenvalue weighted by Gasteiger charge is 2.43. The van der Waals surface area contributed by atoms with E-state index in [-0.39, 0.29) is 0 Å². The lowest BCUT2D eigenvalue weighted by Gasteiger charge is -2.39. The minimum Gasteiger partial charge on any atom is -0.381 e. The molecule has 2 heterocycles. The second-order valence-electron chi connectivity index (χ2n) is 5.49. The van der Waals surface area contributed by atoms with E-state index in [0.717, 1.165) is 19.8 Å². The predicted molar refractivity (Wildman–Crippen MR) is 79.0 cm³/mol. The van der Waals surface area contributed by atoms with Gasteiger partial charge in [-0.1, -0.05) is 6.42 Å². The third-order valence-electron chi connectivity index (χ3n) is 4.60. The molecular weight excluding hydrogens is 310 g/mol. The maximum Gasteiger partial charge on any atom is 0.0471 e. The summed E-state index contributed by atoms with van der Waals surface area (Å²) in [5.41, 5.74) is 0.530. The van der Waals surface area contributed by atoms with Crippen molar-refractivity contribution in [3.8, 4) is 0 Å². The lowest BCUT2D eigenvalue weighted by atomic mass is 9.75. The molecule has 1 aromatic rings. The fourth-order valence-corrected chi connectivity index (χ4v) is 4.94. The van der Waals surface area contributed by atoms with Crippen LogP contribution >= 0.6 is 27.3 Å². The van der Waals surface area contributed by atoms with Crippen molar-refractivity contribution in [2.24, 2.45) is 5.41 Å². The van der Waals surface area contributed by atoms with Crippen LogP contribution in [0, 0.1) is 5.41 Å². The van der Waals surface area contributed by atoms with Crippen LogP contribution in [0.4, 0.5) is 0 Å². The molecule has 1 unspecified atom stereocenters. The number of halogens is 1. The second-order valence-corrected chi connectivity index (χ2v) is 7.35. The van der Waals surface area contributed by atoms with E-state index in [1.54, 1.807) is 0 Å². The standard InChI is InChI=1S/C14H20BrNOS/c15-11-3-9-18-12(11)10-16-13-2-1-4-14(13)5-7-17-8-6-14/h3,9,13,16H,1-2,4-8,10H2. The Balaban J connectivity index is 1.63. The van der Waals surface area contributed by atoms with E-state index < -0.39 is 0 Å². The van der Waals surface area contributed by atoms with Crippen LogP contribution in [0.2, 0.25) is 0 Å². The number of hydrogen-bond acceptors (Lipinski definition) is 3. The van der Waals surface area contributed by atoms with Crippen LogP contribution in [-0.2, 0) is 11.3 Å². The van der Waals surface area contributed by atoms with Gasteiger partial charge in [0.15, 0.2) is 0 Å². The molecule has 3 rings (SSSR count). The van der Waals surface area contributed by atoms with E-state index >= 15 is 0 Å². The largest absolute Gasteiger partial charge is 0.381 e. The zero-order valence-corrected chi connectivity index (χ0v) is 13.0. The number of rotatable bonds is 3. The minimum atomic E-state index is 0.530. The zero-order valence-electron chi connectivity index (χ0n) is 10.6. The average Bonchev–Trinajstić information content (AvgIpc) is 2.95. The summed E-state index contributed by atoms with van der Waals surface area (Å²) in [6.45, 7) is 2.92. The molecule has 0 radical (unpaired) electrons. The fourth-order valence-electron chi connectivity index (χ4n) is 3.50. The van der Waals surface area contributed by atoms with Gasteiger partial charge >= 0.3 is 0 Å². The van der Waals surface area contributed by atoms with Gasteiger partial charge in [-0.15, -0.1) is 11.3 Å². The van der Waals surface area contributed by atoms with Crippen LogP contribution in [0.1, 0.15) is 37.0 Å². The Morgan fingerprint density at radius 3 is 2.94 bits per heavy atom. The Morgan fingerprint density at radius 2 is 2.22 bits per heavy atom. The fraction of sp³-hybridized carbons (Fsp3) is 0.714. The van der Waals surface area contributed by atoms with Crippen molar-refractivity contribution in [3.05, 3.63) is 20.8 Å². The van der Waals surface area contributed by atoms with Crippen LogP contribution in [0.25, 0.3) is 0 Å². The average molecular weight is 330 g/mol. The summed E-state index contributed by atoms with van der Waals surface area (Å²) < 4.78 is 6.79. The lowest BCUT2D eigenvalue weighted by molar-refractivity contribution is 0.00418. The first-order chi connectivity index (χ1) is 8.80. The number of hydrogen-bond donors (Lipinski definition) is 1. The summed E-state index contributed by atoms with van der Waals surface area (Å²) in [6.07, 6.45) is 6.60. The molecule has 2 nitrogen and oxygen atoms in total. The Hall–Kier alpha value is 0.1000. The highest BCUT2D eigenvalue weighted by molar-refractivity contribution is 9.10. The van der Waals surface area contributed by atoms with Gasteiger partial charge in [0.1, 0.15) is 0 Å². The molecule has 1 saturated carbocycles. The lowest BCUT2D eigenvalue weighted by Crippen LogP contribution is -2.44. The monoisotopic (exact) mass is 329 g/mol. The molecule has 4 heteroatoms. The van der Waals surface area contributed by atoms with Crippen molar-refractivity contribution >= 4 is 27.3 Å². The predicted octanol–water partition coefficient (Wildman–Crippen LogP) is 3.95. The first kappa shape index (κ1) is 13.1. The quantitative estimate of drug-likeness (QED) is 0.906. The molecule has 2 aliphatic rings. The number of ether oxygens (including phenoxy) is 1. The summed E-state index contributed by atoms with van der Waals surface area (Å²) >= 11 is 5.45. The minimum absolute atomic E-state index is 0.530. The van der Waals surface area contributed by atoms with Gasteiger partial charge in [0, 0.05) is 35.2 Å². The van der Waals surface area contributed by atoms with E-state index in [2.05, 4.69) is 32.7 Å².